The van der Waals surface area contributed by atoms with Crippen LogP contribution in [-0.4, -0.2) is 58.3 Å². The standard InChI is InChI=1S/C24H22IN7S/c1-31-7-9-32(10-8-31)15-5-6-21(20(25)11-15)28-24-19-13-33-12-18(19)16-3-2-4-17(22(16)29-24)23-26-14-27-30-23/h2-6,11-14H,7-10H2,1H3,(H,28,29)(H,26,27,30). The molecule has 33 heavy (non-hydrogen) atoms. The van der Waals surface area contributed by atoms with E-state index in [-0.39, 0.29) is 0 Å². The number of likely N-dealkylation sites (N-methyl/N-ethyl adjacent to an activating group) is 1. The predicted octanol–water partition coefficient (Wildman–Crippen LogP) is 5.33. The number of hydrogen-bond donors (Lipinski definition) is 2. The van der Waals surface area contributed by atoms with Gasteiger partial charge in [0.25, 0.3) is 0 Å². The molecule has 1 fully saturated rings. The summed E-state index contributed by atoms with van der Waals surface area (Å²) in [5.74, 6) is 1.58. The molecule has 5 aromatic rings. The number of fused-ring (bicyclic) bond motifs is 3. The zero-order valence-corrected chi connectivity index (χ0v) is 21.0. The number of H-pyrrole nitrogens is 1. The highest BCUT2D eigenvalue weighted by molar-refractivity contribution is 14.1. The van der Waals surface area contributed by atoms with Crippen LogP contribution in [0.25, 0.3) is 33.1 Å². The highest BCUT2D eigenvalue weighted by Crippen LogP contribution is 2.37. The molecule has 9 heteroatoms. The molecule has 3 aromatic heterocycles. The van der Waals surface area contributed by atoms with Crippen LogP contribution in [0.3, 0.4) is 0 Å². The van der Waals surface area contributed by atoms with Crippen LogP contribution in [0.15, 0.2) is 53.5 Å². The second-order valence-corrected chi connectivity index (χ2v) is 10.2. The van der Waals surface area contributed by atoms with Gasteiger partial charge in [-0.15, -0.1) is 0 Å². The van der Waals surface area contributed by atoms with Gasteiger partial charge >= 0.3 is 0 Å². The van der Waals surface area contributed by atoms with Gasteiger partial charge in [-0.1, -0.05) is 12.1 Å². The van der Waals surface area contributed by atoms with E-state index < -0.39 is 0 Å². The molecule has 0 radical (unpaired) electrons. The third-order valence-corrected chi connectivity index (χ3v) is 7.85. The Labute approximate surface area is 209 Å². The molecule has 0 aliphatic carbocycles. The van der Waals surface area contributed by atoms with E-state index in [9.17, 15) is 0 Å². The summed E-state index contributed by atoms with van der Waals surface area (Å²) in [7, 11) is 2.18. The Morgan fingerprint density at radius 1 is 1.03 bits per heavy atom. The van der Waals surface area contributed by atoms with Crippen molar-refractivity contribution >= 4 is 72.8 Å². The number of benzene rings is 2. The molecular weight excluding hydrogens is 545 g/mol. The van der Waals surface area contributed by atoms with E-state index in [0.29, 0.717) is 0 Å². The quantitative estimate of drug-likeness (QED) is 0.286. The molecule has 166 valence electrons. The molecule has 2 aromatic carbocycles. The maximum Gasteiger partial charge on any atom is 0.157 e. The van der Waals surface area contributed by atoms with Gasteiger partial charge in [0.15, 0.2) is 5.82 Å². The lowest BCUT2D eigenvalue weighted by molar-refractivity contribution is 0.313. The number of piperazine rings is 1. The van der Waals surface area contributed by atoms with Crippen molar-refractivity contribution in [2.45, 2.75) is 0 Å². The van der Waals surface area contributed by atoms with Gasteiger partial charge in [0.2, 0.25) is 0 Å². The van der Waals surface area contributed by atoms with Crippen molar-refractivity contribution < 1.29 is 0 Å². The lowest BCUT2D eigenvalue weighted by Crippen LogP contribution is -2.44. The fourth-order valence-corrected chi connectivity index (χ4v) is 5.82. The van der Waals surface area contributed by atoms with Gasteiger partial charge in [0.05, 0.1) is 11.2 Å². The molecule has 0 unspecified atom stereocenters. The zero-order valence-electron chi connectivity index (χ0n) is 18.0. The number of thiophene rings is 1. The van der Waals surface area contributed by atoms with Crippen LogP contribution in [0.4, 0.5) is 17.2 Å². The Kier molecular flexibility index (Phi) is 5.39. The molecule has 2 N–H and O–H groups in total. The first-order valence-corrected chi connectivity index (χ1v) is 12.8. The van der Waals surface area contributed by atoms with Crippen molar-refractivity contribution in [3.63, 3.8) is 0 Å². The maximum absolute atomic E-state index is 5.08. The minimum Gasteiger partial charge on any atom is -0.369 e. The van der Waals surface area contributed by atoms with Crippen molar-refractivity contribution in [2.75, 3.05) is 43.4 Å². The van der Waals surface area contributed by atoms with E-state index in [4.69, 9.17) is 4.98 Å². The molecule has 0 atom stereocenters. The number of nitrogens with one attached hydrogen (secondary N) is 2. The molecule has 7 nitrogen and oxygen atoms in total. The first-order valence-electron chi connectivity index (χ1n) is 10.8. The molecule has 0 amide bonds. The van der Waals surface area contributed by atoms with E-state index in [1.807, 2.05) is 12.1 Å². The Morgan fingerprint density at radius 2 is 1.88 bits per heavy atom. The summed E-state index contributed by atoms with van der Waals surface area (Å²) in [6.45, 7) is 4.32. The fourth-order valence-electron chi connectivity index (χ4n) is 4.36. The smallest absolute Gasteiger partial charge is 0.157 e. The number of pyridine rings is 1. The van der Waals surface area contributed by atoms with Crippen LogP contribution in [0.2, 0.25) is 0 Å². The molecular formula is C24H22IN7S. The van der Waals surface area contributed by atoms with E-state index >= 15 is 0 Å². The van der Waals surface area contributed by atoms with Crippen LogP contribution in [-0.2, 0) is 0 Å². The average Bonchev–Trinajstić information content (AvgIpc) is 3.53. The van der Waals surface area contributed by atoms with Crippen LogP contribution in [0, 0.1) is 3.57 Å². The Hall–Kier alpha value is -2.76. The van der Waals surface area contributed by atoms with Gasteiger partial charge < -0.3 is 15.1 Å². The van der Waals surface area contributed by atoms with Crippen molar-refractivity contribution in [1.29, 1.82) is 0 Å². The number of nitrogens with zero attached hydrogens (tertiary/aromatic N) is 5. The summed E-state index contributed by atoms with van der Waals surface area (Å²) in [4.78, 5) is 14.3. The topological polar surface area (TPSA) is 73.0 Å². The third kappa shape index (κ3) is 3.83. The number of anilines is 3. The summed E-state index contributed by atoms with van der Waals surface area (Å²) in [6, 6.07) is 12.8. The molecule has 0 spiro atoms. The normalized spacial score (nSPS) is 14.9. The van der Waals surface area contributed by atoms with Gasteiger partial charge in [-0.05, 0) is 59.3 Å². The van der Waals surface area contributed by atoms with E-state index in [1.165, 1.54) is 21.0 Å². The molecule has 6 rings (SSSR count). The highest BCUT2D eigenvalue weighted by atomic mass is 127. The summed E-state index contributed by atoms with van der Waals surface area (Å²) >= 11 is 4.11. The number of aromatic amines is 1. The molecule has 1 aliphatic heterocycles. The Balaban J connectivity index is 1.40. The van der Waals surface area contributed by atoms with Gasteiger partial charge in [0, 0.05) is 62.5 Å². The van der Waals surface area contributed by atoms with Crippen molar-refractivity contribution in [1.82, 2.24) is 25.1 Å². The van der Waals surface area contributed by atoms with E-state index in [0.717, 1.165) is 65.4 Å². The van der Waals surface area contributed by atoms with Crippen LogP contribution in [0.5, 0.6) is 0 Å². The lowest BCUT2D eigenvalue weighted by atomic mass is 10.1. The lowest BCUT2D eigenvalue weighted by Gasteiger charge is -2.34. The van der Waals surface area contributed by atoms with Crippen molar-refractivity contribution in [2.24, 2.45) is 0 Å². The maximum atomic E-state index is 5.08. The fraction of sp³-hybridized carbons (Fsp3) is 0.208. The minimum atomic E-state index is 0.722. The SMILES string of the molecule is CN1CCN(c2ccc(Nc3nc4c(-c5ncn[nH]5)cccc4c4cscc34)c(I)c2)CC1. The summed E-state index contributed by atoms with van der Waals surface area (Å²) in [5, 5.41) is 18.4. The van der Waals surface area contributed by atoms with Crippen LogP contribution in [0.1, 0.15) is 0 Å². The molecule has 1 saturated heterocycles. The van der Waals surface area contributed by atoms with Crippen LogP contribution < -0.4 is 10.2 Å². The van der Waals surface area contributed by atoms with E-state index in [2.05, 4.69) is 95.0 Å². The molecule has 0 saturated carbocycles. The zero-order chi connectivity index (χ0) is 22.4. The first-order chi connectivity index (χ1) is 16.2. The summed E-state index contributed by atoms with van der Waals surface area (Å²) in [6.07, 6.45) is 1.53. The van der Waals surface area contributed by atoms with E-state index in [1.54, 1.807) is 11.3 Å². The third-order valence-electron chi connectivity index (χ3n) is 6.21. The summed E-state index contributed by atoms with van der Waals surface area (Å²) in [5.41, 5.74) is 4.19. The second kappa shape index (κ2) is 8.54. The minimum absolute atomic E-state index is 0.722. The highest BCUT2D eigenvalue weighted by Gasteiger charge is 2.17. The van der Waals surface area contributed by atoms with Crippen molar-refractivity contribution in [3.8, 4) is 11.4 Å². The van der Waals surface area contributed by atoms with Crippen LogP contribution >= 0.6 is 33.9 Å². The number of hydrogen-bond acceptors (Lipinski definition) is 7. The number of halogens is 1. The number of aromatic nitrogens is 4. The molecule has 1 aliphatic rings. The number of para-hydroxylation sites is 1. The van der Waals surface area contributed by atoms with Gasteiger partial charge in [-0.3, -0.25) is 5.10 Å². The summed E-state index contributed by atoms with van der Waals surface area (Å²) < 4.78 is 1.18. The average molecular weight is 567 g/mol. The van der Waals surface area contributed by atoms with Gasteiger partial charge in [-0.25, -0.2) is 9.97 Å². The Morgan fingerprint density at radius 3 is 2.67 bits per heavy atom. The van der Waals surface area contributed by atoms with Gasteiger partial charge in [-0.2, -0.15) is 16.4 Å². The predicted molar refractivity (Wildman–Crippen MR) is 145 cm³/mol. The van der Waals surface area contributed by atoms with Gasteiger partial charge in [0.1, 0.15) is 12.1 Å². The monoisotopic (exact) mass is 567 g/mol. The largest absolute Gasteiger partial charge is 0.369 e. The second-order valence-electron chi connectivity index (χ2n) is 8.27. The first kappa shape index (κ1) is 20.8. The number of rotatable bonds is 4. The Bertz CT molecular complexity index is 1440. The molecule has 4 heterocycles. The van der Waals surface area contributed by atoms with Crippen molar-refractivity contribution in [3.05, 3.63) is 57.1 Å². The molecule has 0 bridgehead atoms.